The second-order valence-corrected chi connectivity index (χ2v) is 8.72. The number of aromatic amines is 1. The molecule has 1 saturated carbocycles. The summed E-state index contributed by atoms with van der Waals surface area (Å²) in [6.07, 6.45) is 11.8. The highest BCUT2D eigenvalue weighted by molar-refractivity contribution is 6.01. The largest absolute Gasteiger partial charge is 0.492 e. The number of ether oxygens (including phenoxy) is 1. The van der Waals surface area contributed by atoms with Crippen molar-refractivity contribution in [3.63, 3.8) is 0 Å². The van der Waals surface area contributed by atoms with Crippen molar-refractivity contribution in [2.45, 2.75) is 44.6 Å². The van der Waals surface area contributed by atoms with Crippen molar-refractivity contribution < 1.29 is 9.53 Å². The van der Waals surface area contributed by atoms with Gasteiger partial charge in [0.1, 0.15) is 29.3 Å². The van der Waals surface area contributed by atoms with Gasteiger partial charge in [-0.3, -0.25) is 9.78 Å². The SMILES string of the molecule is N#CCC1CCC(n2c(CC(=O)NCCOc3ccncc3)nc3cnc4[nH]ccc4c32)CC1. The summed E-state index contributed by atoms with van der Waals surface area (Å²) in [6, 6.07) is 8.14. The van der Waals surface area contributed by atoms with E-state index in [-0.39, 0.29) is 18.4 Å². The fourth-order valence-corrected chi connectivity index (χ4v) is 4.89. The van der Waals surface area contributed by atoms with Crippen LogP contribution in [0.15, 0.2) is 43.0 Å². The van der Waals surface area contributed by atoms with Gasteiger partial charge in [-0.25, -0.2) is 9.97 Å². The third-order valence-corrected chi connectivity index (χ3v) is 6.53. The van der Waals surface area contributed by atoms with Crippen LogP contribution in [0.2, 0.25) is 0 Å². The third-order valence-electron chi connectivity index (χ3n) is 6.53. The van der Waals surface area contributed by atoms with E-state index in [2.05, 4.69) is 30.9 Å². The Morgan fingerprint density at radius 2 is 2.06 bits per heavy atom. The number of nitrogens with zero attached hydrogens (tertiary/aromatic N) is 5. The average Bonchev–Trinajstić information content (AvgIpc) is 3.47. The van der Waals surface area contributed by atoms with Crippen LogP contribution < -0.4 is 10.1 Å². The second kappa shape index (κ2) is 9.91. The highest BCUT2D eigenvalue weighted by Gasteiger charge is 2.27. The maximum absolute atomic E-state index is 12.8. The van der Waals surface area contributed by atoms with Gasteiger partial charge in [0.2, 0.25) is 5.91 Å². The Balaban J connectivity index is 1.33. The van der Waals surface area contributed by atoms with Gasteiger partial charge in [-0.15, -0.1) is 0 Å². The van der Waals surface area contributed by atoms with E-state index in [1.807, 2.05) is 12.3 Å². The van der Waals surface area contributed by atoms with Gasteiger partial charge in [-0.2, -0.15) is 5.26 Å². The summed E-state index contributed by atoms with van der Waals surface area (Å²) >= 11 is 0. The number of carbonyl (C=O) groups excluding carboxylic acids is 1. The van der Waals surface area contributed by atoms with Gasteiger partial charge in [-0.05, 0) is 49.8 Å². The first-order valence-electron chi connectivity index (χ1n) is 11.7. The number of fused-ring (bicyclic) bond motifs is 3. The number of pyridine rings is 2. The van der Waals surface area contributed by atoms with Crippen LogP contribution in [0.5, 0.6) is 5.75 Å². The molecule has 1 aliphatic carbocycles. The number of nitriles is 1. The number of amides is 1. The second-order valence-electron chi connectivity index (χ2n) is 8.72. The standard InChI is InChI=1S/C25H27N7O2/c26-9-5-17-1-3-18(4-2-17)32-22(31-21-16-30-25-20(24(21)32)8-12-29-25)15-23(33)28-13-14-34-19-6-10-27-11-7-19/h6-8,10-12,16-18H,1-5,13-15H2,(H,28,33)(H,29,30). The van der Waals surface area contributed by atoms with Crippen molar-refractivity contribution in [3.05, 3.63) is 48.8 Å². The van der Waals surface area contributed by atoms with Gasteiger partial charge < -0.3 is 19.6 Å². The van der Waals surface area contributed by atoms with Crippen molar-refractivity contribution in [2.75, 3.05) is 13.2 Å². The molecule has 0 aromatic carbocycles. The molecule has 0 aliphatic heterocycles. The van der Waals surface area contributed by atoms with Crippen molar-refractivity contribution >= 4 is 28.0 Å². The molecule has 174 valence electrons. The summed E-state index contributed by atoms with van der Waals surface area (Å²) in [6.45, 7) is 0.785. The Morgan fingerprint density at radius 1 is 1.24 bits per heavy atom. The first-order valence-corrected chi connectivity index (χ1v) is 11.7. The molecule has 0 bridgehead atoms. The number of nitrogens with one attached hydrogen (secondary N) is 2. The van der Waals surface area contributed by atoms with Crippen LogP contribution in [0.4, 0.5) is 0 Å². The number of carbonyl (C=O) groups is 1. The van der Waals surface area contributed by atoms with Crippen LogP contribution in [0.1, 0.15) is 44.0 Å². The number of imidazole rings is 1. The molecule has 0 spiro atoms. The summed E-state index contributed by atoms with van der Waals surface area (Å²) in [5.41, 5.74) is 2.64. The van der Waals surface area contributed by atoms with Crippen LogP contribution in [0.25, 0.3) is 22.1 Å². The fraction of sp³-hybridized carbons (Fsp3) is 0.400. The maximum Gasteiger partial charge on any atom is 0.227 e. The highest BCUT2D eigenvalue weighted by atomic mass is 16.5. The van der Waals surface area contributed by atoms with Gasteiger partial charge >= 0.3 is 0 Å². The van der Waals surface area contributed by atoms with Crippen LogP contribution in [0.3, 0.4) is 0 Å². The zero-order valence-electron chi connectivity index (χ0n) is 18.9. The molecule has 4 heterocycles. The molecule has 9 heteroatoms. The molecule has 5 rings (SSSR count). The monoisotopic (exact) mass is 457 g/mol. The lowest BCUT2D eigenvalue weighted by Gasteiger charge is -2.30. The van der Waals surface area contributed by atoms with Crippen molar-refractivity contribution in [2.24, 2.45) is 5.92 Å². The minimum atomic E-state index is -0.0914. The molecule has 1 fully saturated rings. The van der Waals surface area contributed by atoms with E-state index in [4.69, 9.17) is 15.0 Å². The summed E-state index contributed by atoms with van der Waals surface area (Å²) in [4.78, 5) is 29.2. The van der Waals surface area contributed by atoms with E-state index < -0.39 is 0 Å². The van der Waals surface area contributed by atoms with Gasteiger partial charge in [0.05, 0.1) is 30.7 Å². The van der Waals surface area contributed by atoms with E-state index in [0.29, 0.717) is 25.5 Å². The Morgan fingerprint density at radius 3 is 2.85 bits per heavy atom. The quantitative estimate of drug-likeness (QED) is 0.389. The van der Waals surface area contributed by atoms with Gasteiger partial charge in [0.25, 0.3) is 0 Å². The van der Waals surface area contributed by atoms with E-state index in [0.717, 1.165) is 59.3 Å². The average molecular weight is 458 g/mol. The normalized spacial score (nSPS) is 18.1. The first kappa shape index (κ1) is 21.9. The van der Waals surface area contributed by atoms with Crippen LogP contribution in [0, 0.1) is 17.2 Å². The fourth-order valence-electron chi connectivity index (χ4n) is 4.89. The van der Waals surface area contributed by atoms with E-state index >= 15 is 0 Å². The molecule has 4 aromatic rings. The van der Waals surface area contributed by atoms with Crippen LogP contribution in [-0.2, 0) is 11.2 Å². The molecule has 34 heavy (non-hydrogen) atoms. The molecule has 9 nitrogen and oxygen atoms in total. The molecule has 1 amide bonds. The summed E-state index contributed by atoms with van der Waals surface area (Å²) in [5, 5.41) is 13.0. The predicted molar refractivity (Wildman–Crippen MR) is 127 cm³/mol. The minimum Gasteiger partial charge on any atom is -0.492 e. The van der Waals surface area contributed by atoms with Crippen molar-refractivity contribution in [1.29, 1.82) is 5.26 Å². The number of H-pyrrole nitrogens is 1. The molecule has 0 atom stereocenters. The lowest BCUT2D eigenvalue weighted by atomic mass is 9.84. The molecule has 4 aromatic heterocycles. The predicted octanol–water partition coefficient (Wildman–Crippen LogP) is 3.69. The van der Waals surface area contributed by atoms with Crippen molar-refractivity contribution in [3.8, 4) is 11.8 Å². The molecule has 1 aliphatic rings. The molecular formula is C25H27N7O2. The number of rotatable bonds is 8. The van der Waals surface area contributed by atoms with E-state index in [1.165, 1.54) is 0 Å². The van der Waals surface area contributed by atoms with Gasteiger partial charge in [-0.1, -0.05) is 0 Å². The van der Waals surface area contributed by atoms with Crippen LogP contribution in [-0.4, -0.2) is 43.6 Å². The first-order chi connectivity index (χ1) is 16.7. The molecule has 2 N–H and O–H groups in total. The lowest BCUT2D eigenvalue weighted by molar-refractivity contribution is -0.120. The van der Waals surface area contributed by atoms with Crippen LogP contribution >= 0.6 is 0 Å². The lowest BCUT2D eigenvalue weighted by Crippen LogP contribution is -2.31. The summed E-state index contributed by atoms with van der Waals surface area (Å²) < 4.78 is 7.89. The number of hydrogen-bond donors (Lipinski definition) is 2. The minimum absolute atomic E-state index is 0.0914. The number of aromatic nitrogens is 5. The Bertz CT molecular complexity index is 1310. The third kappa shape index (κ3) is 4.57. The van der Waals surface area contributed by atoms with Gasteiger partial charge in [0.15, 0.2) is 0 Å². The zero-order valence-corrected chi connectivity index (χ0v) is 18.9. The van der Waals surface area contributed by atoms with E-state index in [1.54, 1.807) is 30.7 Å². The maximum atomic E-state index is 12.8. The molecule has 0 unspecified atom stereocenters. The smallest absolute Gasteiger partial charge is 0.227 e. The van der Waals surface area contributed by atoms with Crippen molar-refractivity contribution in [1.82, 2.24) is 29.8 Å². The van der Waals surface area contributed by atoms with E-state index in [9.17, 15) is 4.79 Å². The molecule has 0 saturated heterocycles. The molecular weight excluding hydrogens is 430 g/mol. The number of hydrogen-bond acceptors (Lipinski definition) is 6. The topological polar surface area (TPSA) is 122 Å². The summed E-state index contributed by atoms with van der Waals surface area (Å²) in [7, 11) is 0. The Hall–Kier alpha value is -3.93. The Labute approximate surface area is 197 Å². The zero-order chi connectivity index (χ0) is 23.3. The Kier molecular flexibility index (Phi) is 6.38. The molecule has 0 radical (unpaired) electrons. The van der Waals surface area contributed by atoms with Gasteiger partial charge in [0, 0.05) is 36.4 Å². The highest BCUT2D eigenvalue weighted by Crippen LogP contribution is 2.37. The summed E-state index contributed by atoms with van der Waals surface area (Å²) in [5.74, 6) is 1.84.